The second kappa shape index (κ2) is 7.97. The Morgan fingerprint density at radius 2 is 1.90 bits per heavy atom. The van der Waals surface area contributed by atoms with Crippen molar-refractivity contribution < 1.29 is 14.0 Å². The smallest absolute Gasteiger partial charge is 0.254 e. The summed E-state index contributed by atoms with van der Waals surface area (Å²) in [6.45, 7) is 5.93. The van der Waals surface area contributed by atoms with E-state index in [-0.39, 0.29) is 16.9 Å². The molecule has 1 aliphatic carbocycles. The van der Waals surface area contributed by atoms with E-state index in [4.69, 9.17) is 11.6 Å². The van der Waals surface area contributed by atoms with E-state index in [1.807, 2.05) is 13.0 Å². The highest BCUT2D eigenvalue weighted by Gasteiger charge is 2.42. The van der Waals surface area contributed by atoms with Crippen LogP contribution < -0.4 is 10.6 Å². The number of dihydropyridines is 1. The second-order valence-electron chi connectivity index (χ2n) is 8.92. The molecule has 1 heterocycles. The minimum atomic E-state index is -0.578. The van der Waals surface area contributed by atoms with Gasteiger partial charge < -0.3 is 10.6 Å². The van der Waals surface area contributed by atoms with Gasteiger partial charge in [-0.2, -0.15) is 0 Å². The van der Waals surface area contributed by atoms with Crippen molar-refractivity contribution in [1.29, 1.82) is 0 Å². The predicted molar refractivity (Wildman–Crippen MR) is 120 cm³/mol. The van der Waals surface area contributed by atoms with Gasteiger partial charge in [0.15, 0.2) is 5.78 Å². The Hall–Kier alpha value is -2.92. The Morgan fingerprint density at radius 1 is 1.16 bits per heavy atom. The highest BCUT2D eigenvalue weighted by molar-refractivity contribution is 6.30. The van der Waals surface area contributed by atoms with Crippen LogP contribution in [0, 0.1) is 11.2 Å². The van der Waals surface area contributed by atoms with Crippen LogP contribution in [-0.4, -0.2) is 11.7 Å². The Bertz CT molecular complexity index is 1150. The number of para-hydroxylation sites is 1. The minimum absolute atomic E-state index is 0.00687. The Balaban J connectivity index is 1.83. The van der Waals surface area contributed by atoms with Crippen molar-refractivity contribution in [3.63, 3.8) is 0 Å². The molecule has 1 aliphatic heterocycles. The van der Waals surface area contributed by atoms with Crippen molar-refractivity contribution in [3.05, 3.63) is 87.5 Å². The lowest BCUT2D eigenvalue weighted by Gasteiger charge is -2.39. The zero-order valence-corrected chi connectivity index (χ0v) is 18.4. The third-order valence-corrected chi connectivity index (χ3v) is 6.02. The van der Waals surface area contributed by atoms with Crippen molar-refractivity contribution in [1.82, 2.24) is 5.32 Å². The quantitative estimate of drug-likeness (QED) is 0.644. The van der Waals surface area contributed by atoms with Crippen LogP contribution in [0.2, 0.25) is 5.02 Å². The zero-order valence-electron chi connectivity index (χ0n) is 17.7. The van der Waals surface area contributed by atoms with Gasteiger partial charge in [-0.15, -0.1) is 0 Å². The number of amides is 1. The van der Waals surface area contributed by atoms with Crippen LogP contribution in [0.15, 0.2) is 71.1 Å². The Labute approximate surface area is 186 Å². The van der Waals surface area contributed by atoms with Gasteiger partial charge in [0.25, 0.3) is 5.91 Å². The number of anilines is 1. The van der Waals surface area contributed by atoms with E-state index in [9.17, 15) is 14.0 Å². The maximum atomic E-state index is 14.2. The van der Waals surface area contributed by atoms with Crippen LogP contribution in [0.5, 0.6) is 0 Å². The van der Waals surface area contributed by atoms with Gasteiger partial charge in [0, 0.05) is 39.9 Å². The van der Waals surface area contributed by atoms with E-state index in [0.717, 1.165) is 11.3 Å². The number of ketones is 1. The summed E-state index contributed by atoms with van der Waals surface area (Å²) in [4.78, 5) is 26.6. The van der Waals surface area contributed by atoms with Gasteiger partial charge >= 0.3 is 0 Å². The fourth-order valence-corrected chi connectivity index (χ4v) is 4.71. The first kappa shape index (κ1) is 21.3. The number of hydrogen-bond donors (Lipinski definition) is 2. The van der Waals surface area contributed by atoms with Crippen LogP contribution in [0.1, 0.15) is 45.1 Å². The maximum absolute atomic E-state index is 14.2. The fraction of sp³-hybridized carbons (Fsp3) is 0.280. The molecule has 0 radical (unpaired) electrons. The van der Waals surface area contributed by atoms with Crippen LogP contribution in [0.3, 0.4) is 0 Å². The SMILES string of the molecule is CC1=C(C(=O)Nc2ccccc2F)[C@@H](c2cccc(Cl)c2)C2=C(CC(C)(C)CC2=O)N1. The van der Waals surface area contributed by atoms with Gasteiger partial charge in [0.1, 0.15) is 5.82 Å². The molecule has 160 valence electrons. The molecule has 0 aromatic heterocycles. The predicted octanol–water partition coefficient (Wildman–Crippen LogP) is 5.72. The molecule has 0 saturated heterocycles. The largest absolute Gasteiger partial charge is 0.362 e. The van der Waals surface area contributed by atoms with E-state index in [2.05, 4.69) is 24.5 Å². The molecule has 0 unspecified atom stereocenters. The molecule has 2 N–H and O–H groups in total. The number of halogens is 2. The topological polar surface area (TPSA) is 58.2 Å². The van der Waals surface area contributed by atoms with Crippen molar-refractivity contribution in [2.45, 2.75) is 39.5 Å². The Morgan fingerprint density at radius 3 is 2.61 bits per heavy atom. The third-order valence-electron chi connectivity index (χ3n) is 5.79. The standard InChI is InChI=1S/C25H24ClFN2O2/c1-14-21(24(31)29-18-10-5-4-9-17(18)27)22(15-7-6-8-16(26)11-15)23-19(28-14)12-25(2,3)13-20(23)30/h4-11,22,28H,12-13H2,1-3H3,(H,29,31)/t22-/m1/s1. The first-order chi connectivity index (χ1) is 14.7. The molecule has 2 aliphatic rings. The minimum Gasteiger partial charge on any atom is -0.362 e. The maximum Gasteiger partial charge on any atom is 0.254 e. The van der Waals surface area contributed by atoms with Crippen LogP contribution in [0.4, 0.5) is 10.1 Å². The molecule has 4 nitrogen and oxygen atoms in total. The lowest BCUT2D eigenvalue weighted by atomic mass is 9.68. The second-order valence-corrected chi connectivity index (χ2v) is 9.36. The first-order valence-corrected chi connectivity index (χ1v) is 10.6. The summed E-state index contributed by atoms with van der Waals surface area (Å²) < 4.78 is 14.2. The molecule has 0 bridgehead atoms. The third kappa shape index (κ3) is 4.15. The highest BCUT2D eigenvalue weighted by Crippen LogP contribution is 2.47. The van der Waals surface area contributed by atoms with Crippen LogP contribution >= 0.6 is 11.6 Å². The molecule has 31 heavy (non-hydrogen) atoms. The molecule has 4 rings (SSSR count). The Kier molecular flexibility index (Phi) is 5.48. The number of Topliss-reactive ketones (excluding diaryl/α,β-unsaturated/α-hetero) is 1. The molecule has 0 fully saturated rings. The number of hydrogen-bond acceptors (Lipinski definition) is 3. The van der Waals surface area contributed by atoms with E-state index in [1.165, 1.54) is 12.1 Å². The van der Waals surface area contributed by atoms with E-state index < -0.39 is 17.6 Å². The summed E-state index contributed by atoms with van der Waals surface area (Å²) in [5.41, 5.74) is 3.13. The van der Waals surface area contributed by atoms with Gasteiger partial charge in [0.2, 0.25) is 0 Å². The number of benzene rings is 2. The van der Waals surface area contributed by atoms with Gasteiger partial charge in [-0.05, 0) is 48.6 Å². The van der Waals surface area contributed by atoms with Crippen molar-refractivity contribution in [2.75, 3.05) is 5.32 Å². The fourth-order valence-electron chi connectivity index (χ4n) is 4.51. The number of carbonyl (C=O) groups excluding carboxylic acids is 2. The summed E-state index contributed by atoms with van der Waals surface area (Å²) >= 11 is 6.25. The zero-order chi connectivity index (χ0) is 22.3. The van der Waals surface area contributed by atoms with Crippen molar-refractivity contribution >= 4 is 29.0 Å². The van der Waals surface area contributed by atoms with E-state index in [0.29, 0.717) is 34.7 Å². The highest BCUT2D eigenvalue weighted by atomic mass is 35.5. The van der Waals surface area contributed by atoms with Crippen LogP contribution in [0.25, 0.3) is 0 Å². The molecule has 6 heteroatoms. The van der Waals surface area contributed by atoms with Gasteiger partial charge in [0.05, 0.1) is 5.69 Å². The van der Waals surface area contributed by atoms with E-state index >= 15 is 0 Å². The molecule has 2 aromatic rings. The van der Waals surface area contributed by atoms with Gasteiger partial charge in [-0.3, -0.25) is 9.59 Å². The van der Waals surface area contributed by atoms with E-state index in [1.54, 1.807) is 30.3 Å². The summed E-state index contributed by atoms with van der Waals surface area (Å²) in [6.07, 6.45) is 1.09. The molecule has 0 spiro atoms. The first-order valence-electron chi connectivity index (χ1n) is 10.2. The number of nitrogens with one attached hydrogen (secondary N) is 2. The van der Waals surface area contributed by atoms with Crippen molar-refractivity contribution in [2.24, 2.45) is 5.41 Å². The summed E-state index contributed by atoms with van der Waals surface area (Å²) in [5.74, 6) is -1.55. The average molecular weight is 439 g/mol. The van der Waals surface area contributed by atoms with Crippen molar-refractivity contribution in [3.8, 4) is 0 Å². The lowest BCUT2D eigenvalue weighted by molar-refractivity contribution is -0.118. The van der Waals surface area contributed by atoms with Crippen LogP contribution in [-0.2, 0) is 9.59 Å². The molecular formula is C25H24ClFN2O2. The molecular weight excluding hydrogens is 415 g/mol. The van der Waals surface area contributed by atoms with Gasteiger partial charge in [-0.25, -0.2) is 4.39 Å². The number of rotatable bonds is 3. The number of carbonyl (C=O) groups is 2. The normalized spacial score (nSPS) is 20.3. The summed E-state index contributed by atoms with van der Waals surface area (Å²) in [6, 6.07) is 13.2. The molecule has 0 saturated carbocycles. The summed E-state index contributed by atoms with van der Waals surface area (Å²) in [7, 11) is 0. The van der Waals surface area contributed by atoms with Gasteiger partial charge in [-0.1, -0.05) is 49.7 Å². The monoisotopic (exact) mass is 438 g/mol. The molecule has 1 amide bonds. The lowest BCUT2D eigenvalue weighted by Crippen LogP contribution is -2.39. The number of allylic oxidation sites excluding steroid dienone is 3. The average Bonchev–Trinajstić information content (AvgIpc) is 2.67. The molecule has 1 atom stereocenters. The summed E-state index contributed by atoms with van der Waals surface area (Å²) in [5, 5.41) is 6.50. The molecule has 2 aromatic carbocycles.